The number of nitrogens with one attached hydrogen (secondary N) is 1. The van der Waals surface area contributed by atoms with Gasteiger partial charge in [-0.25, -0.2) is 4.79 Å². The van der Waals surface area contributed by atoms with E-state index in [4.69, 9.17) is 4.74 Å². The van der Waals surface area contributed by atoms with Gasteiger partial charge in [-0.2, -0.15) is 0 Å². The number of carbonyl (C=O) groups is 2. The summed E-state index contributed by atoms with van der Waals surface area (Å²) >= 11 is 0. The summed E-state index contributed by atoms with van der Waals surface area (Å²) in [6, 6.07) is 9.69. The number of carbonyl (C=O) groups excluding carboxylic acids is 2. The van der Waals surface area contributed by atoms with Crippen LogP contribution < -0.4 is 5.32 Å². The van der Waals surface area contributed by atoms with E-state index >= 15 is 0 Å². The smallest absolute Gasteiger partial charge is 0.332 e. The Kier molecular flexibility index (Phi) is 8.70. The number of esters is 1. The standard InChI is InChI=1S/C26H42N2O3/c1-7-8-9-10-14-17-22(29)27-26(19-24(2,3)28(6)25(4,5)20-26)23(30)31-18-21-15-12-11-13-16-21/h11-13,15-16H,7-10,14,17-20H2,1-6H3,(H,27,29). The van der Waals surface area contributed by atoms with E-state index in [0.29, 0.717) is 19.3 Å². The zero-order chi connectivity index (χ0) is 23.1. The Bertz CT molecular complexity index is 709. The van der Waals surface area contributed by atoms with Crippen molar-refractivity contribution in [1.82, 2.24) is 10.2 Å². The molecule has 1 amide bonds. The van der Waals surface area contributed by atoms with E-state index < -0.39 is 5.54 Å². The highest BCUT2D eigenvalue weighted by molar-refractivity contribution is 5.88. The molecule has 1 aliphatic heterocycles. The molecule has 1 fully saturated rings. The predicted octanol–water partition coefficient (Wildman–Crippen LogP) is 5.23. The molecule has 1 N–H and O–H groups in total. The van der Waals surface area contributed by atoms with Crippen molar-refractivity contribution in [3.63, 3.8) is 0 Å². The number of ether oxygens (including phenoxy) is 1. The maximum Gasteiger partial charge on any atom is 0.332 e. The van der Waals surface area contributed by atoms with Gasteiger partial charge in [0.05, 0.1) is 0 Å². The number of unbranched alkanes of at least 4 members (excludes halogenated alkanes) is 4. The van der Waals surface area contributed by atoms with Crippen molar-refractivity contribution >= 4 is 11.9 Å². The van der Waals surface area contributed by atoms with Gasteiger partial charge in [0.1, 0.15) is 12.1 Å². The molecule has 1 saturated heterocycles. The van der Waals surface area contributed by atoms with E-state index in [0.717, 1.165) is 24.8 Å². The van der Waals surface area contributed by atoms with Gasteiger partial charge in [0, 0.05) is 17.5 Å². The summed E-state index contributed by atoms with van der Waals surface area (Å²) in [5, 5.41) is 3.15. The molecule has 31 heavy (non-hydrogen) atoms. The van der Waals surface area contributed by atoms with Crippen LogP contribution in [-0.4, -0.2) is 40.4 Å². The molecule has 0 atom stereocenters. The van der Waals surface area contributed by atoms with Crippen LogP contribution in [0.3, 0.4) is 0 Å². The monoisotopic (exact) mass is 430 g/mol. The molecule has 5 nitrogen and oxygen atoms in total. The average molecular weight is 431 g/mol. The van der Waals surface area contributed by atoms with Crippen LogP contribution in [0, 0.1) is 0 Å². The van der Waals surface area contributed by atoms with E-state index in [9.17, 15) is 9.59 Å². The van der Waals surface area contributed by atoms with Crippen LogP contribution in [-0.2, 0) is 20.9 Å². The van der Waals surface area contributed by atoms with Gasteiger partial charge in [-0.1, -0.05) is 62.9 Å². The molecule has 0 saturated carbocycles. The fraction of sp³-hybridized carbons (Fsp3) is 0.692. The summed E-state index contributed by atoms with van der Waals surface area (Å²) in [5.74, 6) is -0.380. The molecule has 1 heterocycles. The molecule has 0 radical (unpaired) electrons. The second kappa shape index (κ2) is 10.6. The number of hydrogen-bond acceptors (Lipinski definition) is 4. The van der Waals surface area contributed by atoms with Crippen LogP contribution in [0.4, 0.5) is 0 Å². The van der Waals surface area contributed by atoms with E-state index in [2.05, 4.69) is 51.9 Å². The van der Waals surface area contributed by atoms with Gasteiger partial charge in [0.25, 0.3) is 0 Å². The number of amides is 1. The highest BCUT2D eigenvalue weighted by Gasteiger charge is 2.56. The largest absolute Gasteiger partial charge is 0.459 e. The van der Waals surface area contributed by atoms with Crippen LogP contribution in [0.5, 0.6) is 0 Å². The van der Waals surface area contributed by atoms with Gasteiger partial charge < -0.3 is 10.1 Å². The SMILES string of the molecule is CCCCCCCC(=O)NC1(C(=O)OCc2ccccc2)CC(C)(C)N(C)C(C)(C)C1. The average Bonchev–Trinajstić information content (AvgIpc) is 2.70. The van der Waals surface area contributed by atoms with Gasteiger partial charge in [0.15, 0.2) is 0 Å². The third kappa shape index (κ3) is 6.80. The zero-order valence-electron chi connectivity index (χ0n) is 20.4. The van der Waals surface area contributed by atoms with Gasteiger partial charge >= 0.3 is 5.97 Å². The highest BCUT2D eigenvalue weighted by atomic mass is 16.5. The lowest BCUT2D eigenvalue weighted by Gasteiger charge is -2.57. The van der Waals surface area contributed by atoms with Gasteiger partial charge in [-0.15, -0.1) is 0 Å². The Morgan fingerprint density at radius 2 is 1.55 bits per heavy atom. The van der Waals surface area contributed by atoms with Crippen molar-refractivity contribution in [2.75, 3.05) is 7.05 Å². The van der Waals surface area contributed by atoms with Crippen LogP contribution in [0.25, 0.3) is 0 Å². The first-order chi connectivity index (χ1) is 14.5. The molecule has 2 rings (SSSR count). The molecule has 0 bridgehead atoms. The van der Waals surface area contributed by atoms with Crippen molar-refractivity contribution in [2.45, 2.75) is 109 Å². The zero-order valence-corrected chi connectivity index (χ0v) is 20.4. The minimum atomic E-state index is -1.02. The molecule has 1 aromatic rings. The Labute approximate surface area is 188 Å². The van der Waals surface area contributed by atoms with Crippen molar-refractivity contribution in [3.8, 4) is 0 Å². The minimum absolute atomic E-state index is 0.0516. The summed E-state index contributed by atoms with van der Waals surface area (Å²) in [5.41, 5.74) is -0.599. The molecular formula is C26H42N2O3. The topological polar surface area (TPSA) is 58.6 Å². The molecule has 5 heteroatoms. The molecular weight excluding hydrogens is 388 g/mol. The van der Waals surface area contributed by atoms with E-state index in [1.165, 1.54) is 12.8 Å². The van der Waals surface area contributed by atoms with Gasteiger partial charge in [-0.3, -0.25) is 9.69 Å². The number of piperidine rings is 1. The van der Waals surface area contributed by atoms with Crippen molar-refractivity contribution < 1.29 is 14.3 Å². The minimum Gasteiger partial charge on any atom is -0.459 e. The fourth-order valence-electron chi connectivity index (χ4n) is 4.96. The first-order valence-corrected chi connectivity index (χ1v) is 11.8. The predicted molar refractivity (Wildman–Crippen MR) is 126 cm³/mol. The molecule has 0 unspecified atom stereocenters. The van der Waals surface area contributed by atoms with Crippen molar-refractivity contribution in [1.29, 1.82) is 0 Å². The lowest BCUT2D eigenvalue weighted by atomic mass is 9.69. The number of nitrogens with zero attached hydrogens (tertiary/aromatic N) is 1. The summed E-state index contributed by atoms with van der Waals surface area (Å²) < 4.78 is 5.78. The fourth-order valence-corrected chi connectivity index (χ4v) is 4.96. The number of rotatable bonds is 10. The number of benzene rings is 1. The van der Waals surface area contributed by atoms with Gasteiger partial charge in [-0.05, 0) is 59.6 Å². The van der Waals surface area contributed by atoms with Crippen LogP contribution >= 0.6 is 0 Å². The van der Waals surface area contributed by atoms with Crippen LogP contribution in [0.15, 0.2) is 30.3 Å². The quantitative estimate of drug-likeness (QED) is 0.408. The van der Waals surface area contributed by atoms with Crippen LogP contribution in [0.1, 0.15) is 91.5 Å². The van der Waals surface area contributed by atoms with E-state index in [1.54, 1.807) is 0 Å². The highest BCUT2D eigenvalue weighted by Crippen LogP contribution is 2.43. The van der Waals surface area contributed by atoms with Crippen molar-refractivity contribution in [3.05, 3.63) is 35.9 Å². The molecule has 1 aliphatic rings. The summed E-state index contributed by atoms with van der Waals surface area (Å²) in [6.07, 6.45) is 6.93. The first-order valence-electron chi connectivity index (χ1n) is 11.8. The maximum absolute atomic E-state index is 13.5. The number of likely N-dealkylation sites (tertiary alicyclic amines) is 1. The summed E-state index contributed by atoms with van der Waals surface area (Å²) in [4.78, 5) is 28.7. The Hall–Kier alpha value is -1.88. The molecule has 0 aromatic heterocycles. The summed E-state index contributed by atoms with van der Waals surface area (Å²) in [7, 11) is 2.09. The lowest BCUT2D eigenvalue weighted by Crippen LogP contribution is -2.71. The first kappa shape index (κ1) is 25.4. The maximum atomic E-state index is 13.5. The second-order valence-electron chi connectivity index (χ2n) is 10.4. The summed E-state index contributed by atoms with van der Waals surface area (Å²) in [6.45, 7) is 10.9. The molecule has 1 aromatic carbocycles. The van der Waals surface area contributed by atoms with Gasteiger partial charge in [0.2, 0.25) is 5.91 Å². The normalized spacial score (nSPS) is 19.5. The molecule has 0 aliphatic carbocycles. The molecule has 174 valence electrons. The second-order valence-corrected chi connectivity index (χ2v) is 10.4. The Morgan fingerprint density at radius 3 is 2.13 bits per heavy atom. The third-order valence-corrected chi connectivity index (χ3v) is 6.77. The third-order valence-electron chi connectivity index (χ3n) is 6.77. The Balaban J connectivity index is 2.16. The van der Waals surface area contributed by atoms with E-state index in [1.807, 2.05) is 30.3 Å². The Morgan fingerprint density at radius 1 is 0.968 bits per heavy atom. The van der Waals surface area contributed by atoms with E-state index in [-0.39, 0.29) is 29.6 Å². The van der Waals surface area contributed by atoms with Crippen molar-refractivity contribution in [2.24, 2.45) is 0 Å². The molecule has 0 spiro atoms. The number of hydrogen-bond donors (Lipinski definition) is 1. The lowest BCUT2D eigenvalue weighted by molar-refractivity contribution is -0.165. The van der Waals surface area contributed by atoms with Crippen LogP contribution in [0.2, 0.25) is 0 Å².